The highest BCUT2D eigenvalue weighted by molar-refractivity contribution is 8.03. The second kappa shape index (κ2) is 8.09. The number of hydrogen-bond acceptors (Lipinski definition) is 4. The molecule has 5 saturated carbocycles. The molecule has 0 atom stereocenters. The Labute approximate surface area is 209 Å². The molecule has 186 valence electrons. The molecule has 2 aromatic rings. The van der Waals surface area contributed by atoms with Gasteiger partial charge in [0.1, 0.15) is 5.75 Å². The maximum absolute atomic E-state index is 14.4. The fourth-order valence-corrected chi connectivity index (χ4v) is 9.08. The first-order valence-corrected chi connectivity index (χ1v) is 15.3. The van der Waals surface area contributed by atoms with Gasteiger partial charge in [0.25, 0.3) is 0 Å². The molecule has 35 heavy (non-hydrogen) atoms. The van der Waals surface area contributed by atoms with E-state index in [-0.39, 0.29) is 11.2 Å². The number of ether oxygens (including phenoxy) is 1. The molecule has 4 bridgehead atoms. The summed E-state index contributed by atoms with van der Waals surface area (Å²) in [5.41, 5.74) is 1.23. The molecule has 5 aliphatic carbocycles. The molecular formula is C29H36N2O3S. The van der Waals surface area contributed by atoms with Gasteiger partial charge >= 0.3 is 0 Å². The van der Waals surface area contributed by atoms with Crippen molar-refractivity contribution in [1.29, 1.82) is 0 Å². The Morgan fingerprint density at radius 2 is 1.66 bits per heavy atom. The van der Waals surface area contributed by atoms with E-state index in [1.807, 2.05) is 41.2 Å². The van der Waals surface area contributed by atoms with Gasteiger partial charge < -0.3 is 4.74 Å². The maximum atomic E-state index is 14.4. The minimum absolute atomic E-state index is 0.00384. The minimum atomic E-state index is -2.57. The number of methoxy groups -OCH3 is 1. The highest BCUT2D eigenvalue weighted by atomic mass is 32.2. The van der Waals surface area contributed by atoms with Crippen LogP contribution in [0.3, 0.4) is 0 Å². The first-order valence-electron chi connectivity index (χ1n) is 13.0. The zero-order valence-corrected chi connectivity index (χ0v) is 21.9. The summed E-state index contributed by atoms with van der Waals surface area (Å²) in [6.07, 6.45) is 18.6. The molecule has 5 nitrogen and oxygen atoms in total. The monoisotopic (exact) mass is 492 g/mol. The number of aromatic nitrogens is 2. The zero-order chi connectivity index (χ0) is 24.4. The molecule has 5 fully saturated rings. The number of carbonyl (C=O) groups excluding carboxylic acids is 1. The van der Waals surface area contributed by atoms with Crippen molar-refractivity contribution in [3.63, 3.8) is 0 Å². The van der Waals surface area contributed by atoms with Crippen LogP contribution in [0.25, 0.3) is 5.70 Å². The highest BCUT2D eigenvalue weighted by Crippen LogP contribution is 2.61. The summed E-state index contributed by atoms with van der Waals surface area (Å²) < 4.78 is 21.0. The van der Waals surface area contributed by atoms with Crippen LogP contribution in [-0.2, 0) is 19.7 Å². The number of allylic oxidation sites excluding steroid dienone is 2. The lowest BCUT2D eigenvalue weighted by atomic mass is 9.49. The van der Waals surface area contributed by atoms with E-state index in [1.54, 1.807) is 25.8 Å². The van der Waals surface area contributed by atoms with E-state index >= 15 is 0 Å². The Balaban J connectivity index is 1.47. The van der Waals surface area contributed by atoms with Gasteiger partial charge in [-0.3, -0.25) is 9.00 Å². The lowest BCUT2D eigenvalue weighted by molar-refractivity contribution is -0.114. The van der Waals surface area contributed by atoms with Crippen molar-refractivity contribution in [2.75, 3.05) is 19.6 Å². The quantitative estimate of drug-likeness (QED) is 0.405. The molecule has 6 heteroatoms. The van der Waals surface area contributed by atoms with E-state index in [9.17, 15) is 9.00 Å². The van der Waals surface area contributed by atoms with Crippen molar-refractivity contribution in [2.45, 2.75) is 56.8 Å². The van der Waals surface area contributed by atoms with Gasteiger partial charge in [-0.2, -0.15) is 5.10 Å². The van der Waals surface area contributed by atoms with Crippen LogP contribution in [-0.4, -0.2) is 44.3 Å². The van der Waals surface area contributed by atoms with E-state index in [2.05, 4.69) is 11.2 Å². The van der Waals surface area contributed by atoms with Crippen LogP contribution in [0, 0.1) is 23.2 Å². The highest BCUT2D eigenvalue weighted by Gasteiger charge is 2.54. The van der Waals surface area contributed by atoms with Crippen molar-refractivity contribution in [2.24, 2.45) is 23.2 Å². The van der Waals surface area contributed by atoms with Crippen LogP contribution in [0.1, 0.15) is 56.9 Å². The average molecular weight is 493 g/mol. The Morgan fingerprint density at radius 1 is 1.06 bits per heavy atom. The van der Waals surface area contributed by atoms with E-state index in [0.29, 0.717) is 4.86 Å². The Kier molecular flexibility index (Phi) is 5.33. The summed E-state index contributed by atoms with van der Waals surface area (Å²) in [5.74, 6) is 3.14. The number of carbonyl (C=O) groups is 1. The summed E-state index contributed by atoms with van der Waals surface area (Å²) in [5, 5.41) is 4.56. The van der Waals surface area contributed by atoms with Gasteiger partial charge in [-0.25, -0.2) is 4.68 Å². The Bertz CT molecular complexity index is 1250. The van der Waals surface area contributed by atoms with Gasteiger partial charge in [-0.15, -0.1) is 0 Å². The first kappa shape index (κ1) is 23.1. The van der Waals surface area contributed by atoms with Crippen LogP contribution in [0.15, 0.2) is 48.8 Å². The fraction of sp³-hybridized carbons (Fsp3) is 0.552. The van der Waals surface area contributed by atoms with Crippen LogP contribution >= 0.6 is 0 Å². The third kappa shape index (κ3) is 3.98. The molecule has 1 aromatic heterocycles. The SMILES string of the molecule is COc1ccc(C2(C(=O)C(/C(=C\C34CC5CC(CC(C5)C3)C4)n3cccn3)=S(C)(C)=O)CC2)cc1. The van der Waals surface area contributed by atoms with Gasteiger partial charge in [0.05, 0.1) is 23.1 Å². The molecule has 0 amide bonds. The van der Waals surface area contributed by atoms with Crippen molar-refractivity contribution >= 4 is 25.9 Å². The molecule has 1 heterocycles. The predicted octanol–water partition coefficient (Wildman–Crippen LogP) is 4.97. The number of hydrogen-bond donors (Lipinski definition) is 0. The van der Waals surface area contributed by atoms with Crippen molar-refractivity contribution in [3.05, 3.63) is 54.4 Å². The van der Waals surface area contributed by atoms with Crippen LogP contribution in [0.4, 0.5) is 0 Å². The topological polar surface area (TPSA) is 61.2 Å². The Hall–Kier alpha value is -2.34. The van der Waals surface area contributed by atoms with Gasteiger partial charge in [-0.05, 0) is 108 Å². The molecule has 0 N–H and O–H groups in total. The third-order valence-corrected chi connectivity index (χ3v) is 10.4. The zero-order valence-electron chi connectivity index (χ0n) is 21.0. The van der Waals surface area contributed by atoms with Crippen LogP contribution < -0.4 is 4.74 Å². The molecule has 5 aliphatic rings. The minimum Gasteiger partial charge on any atom is -0.497 e. The normalized spacial score (nSPS) is 30.8. The summed E-state index contributed by atoms with van der Waals surface area (Å²) in [4.78, 5) is 14.9. The molecule has 0 saturated heterocycles. The van der Waals surface area contributed by atoms with E-state index < -0.39 is 14.9 Å². The standard InChI is InChI=1S/C29H36N2O3S/c1-34-24-7-5-23(6-8-24)29(9-10-29)27(32)26(35(2,3)33)25(31-12-4-11-30-31)19-28-16-20-13-21(17-28)15-22(14-20)18-28/h4-8,11-12,19-22H,9-10,13-18H2,1-3H3/b25-19+. The number of benzene rings is 1. The smallest absolute Gasteiger partial charge is 0.183 e. The maximum Gasteiger partial charge on any atom is 0.183 e. The summed E-state index contributed by atoms with van der Waals surface area (Å²) in [6.45, 7) is 0. The van der Waals surface area contributed by atoms with E-state index in [4.69, 9.17) is 4.74 Å². The van der Waals surface area contributed by atoms with Gasteiger partial charge in [-0.1, -0.05) is 18.2 Å². The van der Waals surface area contributed by atoms with Gasteiger partial charge in [0, 0.05) is 24.9 Å². The van der Waals surface area contributed by atoms with Crippen molar-refractivity contribution < 1.29 is 13.7 Å². The second-order valence-electron chi connectivity index (χ2n) is 12.0. The van der Waals surface area contributed by atoms with Gasteiger partial charge in [0.2, 0.25) is 0 Å². The molecule has 0 spiro atoms. The second-order valence-corrected chi connectivity index (χ2v) is 14.8. The summed E-state index contributed by atoms with van der Waals surface area (Å²) in [6, 6.07) is 9.70. The third-order valence-electron chi connectivity index (χ3n) is 9.04. The van der Waals surface area contributed by atoms with Crippen LogP contribution in [0.5, 0.6) is 5.75 Å². The Morgan fingerprint density at radius 3 is 2.11 bits per heavy atom. The van der Waals surface area contributed by atoms with E-state index in [1.165, 1.54) is 38.5 Å². The number of ketones is 1. The fourth-order valence-electron chi connectivity index (χ4n) is 7.78. The number of nitrogens with zero attached hydrogens (tertiary/aromatic N) is 2. The number of Topliss-reactive ketones (excluding diaryl/α,β-unsaturated/α-hetero) is 1. The van der Waals surface area contributed by atoms with Gasteiger partial charge in [0.15, 0.2) is 5.78 Å². The molecule has 0 aliphatic heterocycles. The van der Waals surface area contributed by atoms with Crippen molar-refractivity contribution in [3.8, 4) is 5.75 Å². The van der Waals surface area contributed by atoms with Crippen LogP contribution in [0.2, 0.25) is 0 Å². The average Bonchev–Trinajstić information content (AvgIpc) is 3.43. The largest absolute Gasteiger partial charge is 0.497 e. The first-order chi connectivity index (χ1) is 16.7. The summed E-state index contributed by atoms with van der Waals surface area (Å²) in [7, 11) is -0.927. The molecular weight excluding hydrogens is 456 g/mol. The molecule has 0 radical (unpaired) electrons. The molecule has 1 aromatic carbocycles. The molecule has 7 rings (SSSR count). The lowest BCUT2D eigenvalue weighted by Crippen LogP contribution is -2.45. The predicted molar refractivity (Wildman–Crippen MR) is 141 cm³/mol. The van der Waals surface area contributed by atoms with E-state index in [0.717, 1.165) is 47.6 Å². The van der Waals surface area contributed by atoms with Crippen molar-refractivity contribution in [1.82, 2.24) is 9.78 Å². The summed E-state index contributed by atoms with van der Waals surface area (Å²) >= 11 is 0. The number of rotatable bonds is 7. The lowest BCUT2D eigenvalue weighted by Gasteiger charge is -2.56. The molecule has 0 unspecified atom stereocenters.